The predicted octanol–water partition coefficient (Wildman–Crippen LogP) is 1.68. The molecule has 0 aliphatic heterocycles. The summed E-state index contributed by atoms with van der Waals surface area (Å²) in [5.41, 5.74) is 4.21. The smallest absolute Gasteiger partial charge is 0.162 e. The molecule has 0 aromatic heterocycles. The van der Waals surface area contributed by atoms with Gasteiger partial charge in [0.2, 0.25) is 0 Å². The fraction of sp³-hybridized carbons (Fsp3) is 0.667. The van der Waals surface area contributed by atoms with Crippen LogP contribution in [0.5, 0.6) is 0 Å². The van der Waals surface area contributed by atoms with E-state index in [2.05, 4.69) is 37.6 Å². The number of rotatable bonds is 2. The fourth-order valence-electron chi connectivity index (χ4n) is 0.396. The van der Waals surface area contributed by atoms with Crippen molar-refractivity contribution < 1.29 is 0 Å². The minimum Gasteiger partial charge on any atom is -0.162 e. The second kappa shape index (κ2) is 6.61. The molecule has 0 aromatic rings. The fourth-order valence-corrected chi connectivity index (χ4v) is 4.70. The number of hydrogen-bond donors (Lipinski definition) is 0. The Balaban J connectivity index is 0. The molecule has 0 saturated heterocycles. The second-order valence-corrected chi connectivity index (χ2v) is 16.2. The molecule has 0 aliphatic carbocycles. The van der Waals surface area contributed by atoms with Gasteiger partial charge in [0.25, 0.3) is 0 Å². The van der Waals surface area contributed by atoms with E-state index in [-0.39, 0.29) is 0 Å². The second-order valence-electron chi connectivity index (χ2n) is 3.46. The first-order valence-electron chi connectivity index (χ1n) is 3.79. The Morgan fingerprint density at radius 2 is 1.00 bits per heavy atom. The van der Waals surface area contributed by atoms with Crippen LogP contribution in [0.25, 0.3) is 0 Å². The lowest BCUT2D eigenvalue weighted by Gasteiger charge is -2.09. The van der Waals surface area contributed by atoms with E-state index >= 15 is 0 Å². The quantitative estimate of drug-likeness (QED) is 0.530. The molecule has 0 nitrogen and oxygen atoms in total. The first kappa shape index (κ1) is 15.7. The lowest BCUT2D eigenvalue weighted by molar-refractivity contribution is 1.90. The largest absolute Gasteiger partial charge is 0.173 e. The van der Waals surface area contributed by atoms with Crippen molar-refractivity contribution in [2.45, 2.75) is 26.2 Å². The molecule has 0 radical (unpaired) electrons. The van der Waals surface area contributed by atoms with Crippen LogP contribution in [0.4, 0.5) is 0 Å². The minimum atomic E-state index is -1.53. The van der Waals surface area contributed by atoms with Crippen LogP contribution < -0.4 is 0 Å². The van der Waals surface area contributed by atoms with Crippen LogP contribution >= 0.6 is 22.2 Å². The summed E-state index contributed by atoms with van der Waals surface area (Å²) in [7, 11) is 0.728. The van der Waals surface area contributed by atoms with Crippen molar-refractivity contribution in [1.82, 2.24) is 0 Å². The van der Waals surface area contributed by atoms with Gasteiger partial charge >= 0.3 is 0 Å². The van der Waals surface area contributed by atoms with Gasteiger partial charge in [0.1, 0.15) is 0 Å². The van der Waals surface area contributed by atoms with E-state index in [4.69, 9.17) is 22.2 Å². The zero-order valence-corrected chi connectivity index (χ0v) is 14.7. The summed E-state index contributed by atoms with van der Waals surface area (Å²) in [6.45, 7) is 8.34. The third-order valence-electron chi connectivity index (χ3n) is 0.876. The molecule has 0 amide bonds. The van der Waals surface area contributed by atoms with Crippen LogP contribution in [0.1, 0.15) is 0 Å². The van der Waals surface area contributed by atoms with Gasteiger partial charge in [0.05, 0.1) is 0 Å². The number of hydrogen-bond acceptors (Lipinski definition) is 0. The van der Waals surface area contributed by atoms with E-state index in [1.165, 1.54) is 0 Å². The van der Waals surface area contributed by atoms with Crippen LogP contribution in [0.3, 0.4) is 0 Å². The van der Waals surface area contributed by atoms with Crippen molar-refractivity contribution >= 4 is 55.6 Å². The third-order valence-corrected chi connectivity index (χ3v) is 3.88. The highest BCUT2D eigenvalue weighted by Crippen LogP contribution is 2.14. The van der Waals surface area contributed by atoms with Gasteiger partial charge in [-0.05, 0) is 0 Å². The van der Waals surface area contributed by atoms with Crippen molar-refractivity contribution in [1.29, 1.82) is 0 Å². The van der Waals surface area contributed by atoms with Crippen molar-refractivity contribution in [3.8, 4) is 0 Å². The van der Waals surface area contributed by atoms with Gasteiger partial charge in [-0.15, -0.1) is 0 Å². The molecule has 0 N–H and O–H groups in total. The summed E-state index contributed by atoms with van der Waals surface area (Å²) in [4.78, 5) is 0. The average molecular weight is 273 g/mol. The van der Waals surface area contributed by atoms with Crippen LogP contribution in [0.2, 0.25) is 26.2 Å². The molecule has 0 bridgehead atoms. The van der Waals surface area contributed by atoms with Gasteiger partial charge in [-0.1, -0.05) is 56.3 Å². The van der Waals surface area contributed by atoms with Crippen molar-refractivity contribution in [3.05, 3.63) is 11.4 Å². The molecule has 0 aliphatic rings. The molecule has 0 fully saturated rings. The molecule has 12 heavy (non-hydrogen) atoms. The predicted molar refractivity (Wildman–Crippen MR) is 72.9 cm³/mol. The van der Waals surface area contributed by atoms with Crippen molar-refractivity contribution in [2.24, 2.45) is 0 Å². The normalized spacial score (nSPS) is 12.5. The van der Waals surface area contributed by atoms with Crippen LogP contribution in [0.15, 0.2) is 11.4 Å². The van der Waals surface area contributed by atoms with E-state index in [0.29, 0.717) is 0 Å². The summed E-state index contributed by atoms with van der Waals surface area (Å²) < 4.78 is 0. The maximum absolute atomic E-state index is 6.05. The van der Waals surface area contributed by atoms with E-state index in [9.17, 15) is 0 Å². The number of halogens is 2. The zero-order chi connectivity index (χ0) is 10.4. The van der Waals surface area contributed by atoms with Crippen molar-refractivity contribution in [2.75, 3.05) is 0 Å². The molecule has 0 spiro atoms. The molecular formula is C6H18Cl2Si4. The lowest BCUT2D eigenvalue weighted by atomic mass is 11.2. The Hall–Kier alpha value is 1.19. The van der Waals surface area contributed by atoms with E-state index < -0.39 is 14.8 Å². The summed E-state index contributed by atoms with van der Waals surface area (Å²) in [5.74, 6) is 0. The zero-order valence-electron chi connectivity index (χ0n) is 8.32. The van der Waals surface area contributed by atoms with Crippen LogP contribution in [-0.2, 0) is 0 Å². The summed E-state index contributed by atoms with van der Waals surface area (Å²) in [6, 6.07) is 0. The standard InChI is InChI=1S/C6H14Cl2Si2.H4Si2/c1-9(2,7)5-6-10(3,4)8;1-2/h5-6H,1-4H3;1-2H2. The first-order valence-corrected chi connectivity index (χ1v) is 16.0. The molecule has 0 heterocycles. The summed E-state index contributed by atoms with van der Waals surface area (Å²) >= 11 is 12.1. The highest BCUT2D eigenvalue weighted by atomic mass is 35.6. The molecular weight excluding hydrogens is 255 g/mol. The molecule has 0 unspecified atom stereocenters. The van der Waals surface area contributed by atoms with E-state index in [1.807, 2.05) is 18.7 Å². The maximum atomic E-state index is 6.05. The topological polar surface area (TPSA) is 0 Å². The molecule has 0 aromatic carbocycles. The van der Waals surface area contributed by atoms with Gasteiger partial charge in [0, 0.05) is 0 Å². The maximum Gasteiger partial charge on any atom is 0.173 e. The lowest BCUT2D eigenvalue weighted by Crippen LogP contribution is -2.18. The Kier molecular flexibility index (Phi) is 8.62. The van der Waals surface area contributed by atoms with Gasteiger partial charge in [-0.3, -0.25) is 0 Å². The Labute approximate surface area is 92.9 Å². The third kappa shape index (κ3) is 17.3. The van der Waals surface area contributed by atoms with Gasteiger partial charge in [-0.2, -0.15) is 22.2 Å². The Morgan fingerprint density at radius 1 is 0.833 bits per heavy atom. The van der Waals surface area contributed by atoms with Crippen molar-refractivity contribution in [3.63, 3.8) is 0 Å². The molecule has 0 saturated carbocycles. The van der Waals surface area contributed by atoms with Gasteiger partial charge in [-0.25, -0.2) is 0 Å². The summed E-state index contributed by atoms with van der Waals surface area (Å²) in [5, 5.41) is 0. The Morgan fingerprint density at radius 3 is 1.08 bits per heavy atom. The van der Waals surface area contributed by atoms with E-state index in [0.717, 1.165) is 0 Å². The molecule has 0 atom stereocenters. The highest BCUT2D eigenvalue weighted by molar-refractivity contribution is 7.25. The van der Waals surface area contributed by atoms with Gasteiger partial charge in [0.15, 0.2) is 14.8 Å². The monoisotopic (exact) mass is 272 g/mol. The highest BCUT2D eigenvalue weighted by Gasteiger charge is 2.16. The van der Waals surface area contributed by atoms with Gasteiger partial charge < -0.3 is 0 Å². The molecule has 6 heteroatoms. The van der Waals surface area contributed by atoms with Crippen LogP contribution in [-0.4, -0.2) is 33.4 Å². The average Bonchev–Trinajstić information content (AvgIpc) is 1.86. The molecule has 72 valence electrons. The minimum absolute atomic E-state index is 1.53. The first-order chi connectivity index (χ1) is 5.21. The molecule has 0 rings (SSSR count). The summed E-state index contributed by atoms with van der Waals surface area (Å²) in [6.07, 6.45) is 0. The van der Waals surface area contributed by atoms with E-state index in [1.54, 1.807) is 0 Å². The SMILES string of the molecule is C[Si](C)(Cl)C=C[Si](C)(C)Cl.[SiH2]=[SiH2]. The van der Waals surface area contributed by atoms with Crippen LogP contribution in [0, 0.1) is 0 Å². The Bertz CT molecular complexity index is 129.